The molecule has 23 heavy (non-hydrogen) atoms. The summed E-state index contributed by atoms with van der Waals surface area (Å²) in [5.74, 6) is 0.294. The van der Waals surface area contributed by atoms with Gasteiger partial charge in [0, 0.05) is 5.02 Å². The molecule has 0 saturated heterocycles. The van der Waals surface area contributed by atoms with Gasteiger partial charge in [-0.15, -0.1) is 0 Å². The second kappa shape index (κ2) is 7.79. The largest absolute Gasteiger partial charge is 0.484 e. The zero-order valence-corrected chi connectivity index (χ0v) is 14.1. The van der Waals surface area contributed by atoms with Gasteiger partial charge in [-0.1, -0.05) is 35.9 Å². The van der Waals surface area contributed by atoms with Crippen molar-refractivity contribution in [3.05, 3.63) is 63.7 Å². The molecule has 1 amide bonds. The molecule has 5 heteroatoms. The minimum Gasteiger partial charge on any atom is -0.484 e. The number of hydrogen-bond donors (Lipinski definition) is 1. The SMILES string of the molecule is Cc1ccccc1/C=N\NC(=O)COc1cc(C)c(Cl)c(C)c1. The van der Waals surface area contributed by atoms with E-state index >= 15 is 0 Å². The van der Waals surface area contributed by atoms with E-state index in [0.29, 0.717) is 10.8 Å². The molecule has 2 aromatic carbocycles. The van der Waals surface area contributed by atoms with E-state index < -0.39 is 0 Å². The van der Waals surface area contributed by atoms with E-state index in [9.17, 15) is 4.79 Å². The summed E-state index contributed by atoms with van der Waals surface area (Å²) in [6.07, 6.45) is 1.61. The van der Waals surface area contributed by atoms with Crippen molar-refractivity contribution in [3.63, 3.8) is 0 Å². The lowest BCUT2D eigenvalue weighted by molar-refractivity contribution is -0.123. The highest BCUT2D eigenvalue weighted by Gasteiger charge is 2.06. The second-order valence-corrected chi connectivity index (χ2v) is 5.69. The molecule has 0 unspecified atom stereocenters. The first-order chi connectivity index (χ1) is 11.0. The lowest BCUT2D eigenvalue weighted by Gasteiger charge is -2.09. The Morgan fingerprint density at radius 2 is 1.83 bits per heavy atom. The number of amides is 1. The predicted molar refractivity (Wildman–Crippen MR) is 93.3 cm³/mol. The molecule has 0 aliphatic heterocycles. The van der Waals surface area contributed by atoms with Gasteiger partial charge in [-0.2, -0.15) is 5.10 Å². The molecule has 120 valence electrons. The number of aryl methyl sites for hydroxylation is 3. The van der Waals surface area contributed by atoms with Gasteiger partial charge in [0.1, 0.15) is 5.75 Å². The van der Waals surface area contributed by atoms with Gasteiger partial charge in [0.05, 0.1) is 6.21 Å². The maximum absolute atomic E-state index is 11.8. The third-order valence-electron chi connectivity index (χ3n) is 3.36. The van der Waals surface area contributed by atoms with Crippen molar-refractivity contribution in [1.82, 2.24) is 5.43 Å². The van der Waals surface area contributed by atoms with Crippen LogP contribution < -0.4 is 10.2 Å². The summed E-state index contributed by atoms with van der Waals surface area (Å²) >= 11 is 6.10. The summed E-state index contributed by atoms with van der Waals surface area (Å²) in [6.45, 7) is 5.67. The molecule has 0 bridgehead atoms. The number of benzene rings is 2. The van der Waals surface area contributed by atoms with Crippen LogP contribution >= 0.6 is 11.6 Å². The van der Waals surface area contributed by atoms with Gasteiger partial charge < -0.3 is 4.74 Å². The van der Waals surface area contributed by atoms with E-state index in [-0.39, 0.29) is 12.5 Å². The molecular weight excluding hydrogens is 312 g/mol. The Balaban J connectivity index is 1.87. The minimum absolute atomic E-state index is 0.106. The molecule has 0 aliphatic rings. The van der Waals surface area contributed by atoms with Crippen molar-refractivity contribution >= 4 is 23.7 Å². The normalized spacial score (nSPS) is 10.8. The molecule has 0 radical (unpaired) electrons. The summed E-state index contributed by atoms with van der Waals surface area (Å²) in [5.41, 5.74) is 6.33. The van der Waals surface area contributed by atoms with Gasteiger partial charge >= 0.3 is 0 Å². The van der Waals surface area contributed by atoms with E-state index in [1.807, 2.05) is 45.0 Å². The highest BCUT2D eigenvalue weighted by Crippen LogP contribution is 2.25. The van der Waals surface area contributed by atoms with Crippen LogP contribution in [0.2, 0.25) is 5.02 Å². The first-order valence-corrected chi connectivity index (χ1v) is 7.62. The third kappa shape index (κ3) is 4.83. The van der Waals surface area contributed by atoms with E-state index in [1.165, 1.54) is 0 Å². The van der Waals surface area contributed by atoms with Crippen molar-refractivity contribution in [2.45, 2.75) is 20.8 Å². The molecule has 2 rings (SSSR count). The predicted octanol–water partition coefficient (Wildman–Crippen LogP) is 3.79. The van der Waals surface area contributed by atoms with E-state index in [4.69, 9.17) is 16.3 Å². The van der Waals surface area contributed by atoms with Gasteiger partial charge in [0.2, 0.25) is 0 Å². The minimum atomic E-state index is -0.319. The monoisotopic (exact) mass is 330 g/mol. The van der Waals surface area contributed by atoms with Crippen LogP contribution in [0, 0.1) is 20.8 Å². The van der Waals surface area contributed by atoms with Crippen LogP contribution in [0.25, 0.3) is 0 Å². The van der Waals surface area contributed by atoms with Crippen LogP contribution in [-0.4, -0.2) is 18.7 Å². The maximum Gasteiger partial charge on any atom is 0.277 e. The van der Waals surface area contributed by atoms with Gasteiger partial charge in [-0.25, -0.2) is 5.43 Å². The Morgan fingerprint density at radius 3 is 2.48 bits per heavy atom. The molecular formula is C18H19ClN2O2. The standard InChI is InChI=1S/C18H19ClN2O2/c1-12-6-4-5-7-15(12)10-20-21-17(22)11-23-16-8-13(2)18(19)14(3)9-16/h4-10H,11H2,1-3H3,(H,21,22)/b20-10-. The maximum atomic E-state index is 11.8. The molecule has 0 heterocycles. The second-order valence-electron chi connectivity index (χ2n) is 5.31. The van der Waals surface area contributed by atoms with E-state index in [2.05, 4.69) is 10.5 Å². The smallest absolute Gasteiger partial charge is 0.277 e. The molecule has 4 nitrogen and oxygen atoms in total. The van der Waals surface area contributed by atoms with Crippen molar-refractivity contribution in [1.29, 1.82) is 0 Å². The molecule has 0 atom stereocenters. The topological polar surface area (TPSA) is 50.7 Å². The number of nitrogens with zero attached hydrogens (tertiary/aromatic N) is 1. The van der Waals surface area contributed by atoms with Gasteiger partial charge in [-0.05, 0) is 55.2 Å². The van der Waals surface area contributed by atoms with Crippen molar-refractivity contribution in [3.8, 4) is 5.75 Å². The number of halogens is 1. The number of nitrogens with one attached hydrogen (secondary N) is 1. The first-order valence-electron chi connectivity index (χ1n) is 7.24. The molecule has 0 saturated carbocycles. The van der Waals surface area contributed by atoms with Crippen LogP contribution in [0.4, 0.5) is 0 Å². The van der Waals surface area contributed by atoms with Gasteiger partial charge in [0.25, 0.3) is 5.91 Å². The molecule has 0 aliphatic carbocycles. The molecule has 2 aromatic rings. The lowest BCUT2D eigenvalue weighted by Crippen LogP contribution is -2.24. The fourth-order valence-corrected chi connectivity index (χ4v) is 2.19. The van der Waals surface area contributed by atoms with Crippen LogP contribution in [0.3, 0.4) is 0 Å². The zero-order chi connectivity index (χ0) is 16.8. The number of carbonyl (C=O) groups is 1. The van der Waals surface area contributed by atoms with Crippen LogP contribution in [0.5, 0.6) is 5.75 Å². The Hall–Kier alpha value is -2.33. The average molecular weight is 331 g/mol. The number of rotatable bonds is 5. The van der Waals surface area contributed by atoms with Crippen LogP contribution in [-0.2, 0) is 4.79 Å². The Bertz CT molecular complexity index is 719. The van der Waals surface area contributed by atoms with Crippen LogP contribution in [0.1, 0.15) is 22.3 Å². The number of ether oxygens (including phenoxy) is 1. The summed E-state index contributed by atoms with van der Waals surface area (Å²) in [7, 11) is 0. The summed E-state index contributed by atoms with van der Waals surface area (Å²) in [6, 6.07) is 11.4. The van der Waals surface area contributed by atoms with Gasteiger partial charge in [-0.3, -0.25) is 4.79 Å². The molecule has 1 N–H and O–H groups in total. The molecule has 0 spiro atoms. The number of carbonyl (C=O) groups excluding carboxylic acids is 1. The van der Waals surface area contributed by atoms with Crippen LogP contribution in [0.15, 0.2) is 41.5 Å². The van der Waals surface area contributed by atoms with E-state index in [1.54, 1.807) is 18.3 Å². The first kappa shape index (κ1) is 17.0. The summed E-state index contributed by atoms with van der Waals surface area (Å²) < 4.78 is 5.47. The molecule has 0 fully saturated rings. The van der Waals surface area contributed by atoms with E-state index in [0.717, 1.165) is 22.3 Å². The highest BCUT2D eigenvalue weighted by molar-refractivity contribution is 6.32. The quantitative estimate of drug-likeness (QED) is 0.669. The Kier molecular flexibility index (Phi) is 5.77. The fraction of sp³-hybridized carbons (Fsp3) is 0.222. The average Bonchev–Trinajstić information content (AvgIpc) is 2.52. The third-order valence-corrected chi connectivity index (χ3v) is 3.96. The zero-order valence-electron chi connectivity index (χ0n) is 13.4. The van der Waals surface area contributed by atoms with Crippen molar-refractivity contribution in [2.24, 2.45) is 5.10 Å². The Morgan fingerprint density at radius 1 is 1.17 bits per heavy atom. The number of hydrogen-bond acceptors (Lipinski definition) is 3. The lowest BCUT2D eigenvalue weighted by atomic mass is 10.1. The van der Waals surface area contributed by atoms with Gasteiger partial charge in [0.15, 0.2) is 6.61 Å². The fourth-order valence-electron chi connectivity index (χ4n) is 2.08. The summed E-state index contributed by atoms with van der Waals surface area (Å²) in [4.78, 5) is 11.8. The van der Waals surface area contributed by atoms with Crippen molar-refractivity contribution < 1.29 is 9.53 Å². The molecule has 0 aromatic heterocycles. The van der Waals surface area contributed by atoms with Crippen molar-refractivity contribution in [2.75, 3.05) is 6.61 Å². The highest BCUT2D eigenvalue weighted by atomic mass is 35.5. The summed E-state index contributed by atoms with van der Waals surface area (Å²) in [5, 5.41) is 4.65. The number of hydrazone groups is 1. The Labute approximate surface area is 141 Å².